The number of hydrogen-bond acceptors (Lipinski definition) is 3. The van der Waals surface area contributed by atoms with E-state index in [0.717, 1.165) is 50.9 Å². The van der Waals surface area contributed by atoms with Crippen molar-refractivity contribution < 1.29 is 14.2 Å². The SMILES string of the molecule is COCCC[C@@]1(CO)CCCN(Cc2ccc(F)cc2Cl)C1. The lowest BCUT2D eigenvalue weighted by molar-refractivity contribution is 0.0158. The van der Waals surface area contributed by atoms with E-state index in [2.05, 4.69) is 4.90 Å². The van der Waals surface area contributed by atoms with Crippen molar-refractivity contribution in [3.63, 3.8) is 0 Å². The van der Waals surface area contributed by atoms with Crippen molar-refractivity contribution in [3.8, 4) is 0 Å². The minimum Gasteiger partial charge on any atom is -0.396 e. The molecule has 0 radical (unpaired) electrons. The van der Waals surface area contributed by atoms with Gasteiger partial charge in [0.1, 0.15) is 5.82 Å². The van der Waals surface area contributed by atoms with Crippen molar-refractivity contribution in [1.29, 1.82) is 0 Å². The highest BCUT2D eigenvalue weighted by atomic mass is 35.5. The maximum absolute atomic E-state index is 13.1. The zero-order valence-corrected chi connectivity index (χ0v) is 13.9. The summed E-state index contributed by atoms with van der Waals surface area (Å²) in [6, 6.07) is 4.56. The van der Waals surface area contributed by atoms with Gasteiger partial charge in [-0.15, -0.1) is 0 Å². The molecular weight excluding hydrogens is 305 g/mol. The minimum atomic E-state index is -0.309. The normalized spacial score (nSPS) is 22.9. The van der Waals surface area contributed by atoms with E-state index in [0.29, 0.717) is 11.6 Å². The number of ether oxygens (including phenoxy) is 1. The number of hydrogen-bond donors (Lipinski definition) is 1. The molecule has 1 fully saturated rings. The highest BCUT2D eigenvalue weighted by Gasteiger charge is 2.34. The van der Waals surface area contributed by atoms with E-state index < -0.39 is 0 Å². The predicted molar refractivity (Wildman–Crippen MR) is 86.5 cm³/mol. The quantitative estimate of drug-likeness (QED) is 0.777. The third kappa shape index (κ3) is 4.66. The van der Waals surface area contributed by atoms with Crippen LogP contribution < -0.4 is 0 Å². The van der Waals surface area contributed by atoms with Crippen LogP contribution in [0.2, 0.25) is 5.02 Å². The Morgan fingerprint density at radius 2 is 2.27 bits per heavy atom. The Hall–Kier alpha value is -0.680. The summed E-state index contributed by atoms with van der Waals surface area (Å²) in [5.41, 5.74) is 0.886. The molecule has 1 aromatic carbocycles. The molecule has 1 saturated heterocycles. The summed E-state index contributed by atoms with van der Waals surface area (Å²) in [4.78, 5) is 2.31. The van der Waals surface area contributed by atoms with Crippen LogP contribution in [0.4, 0.5) is 4.39 Å². The van der Waals surface area contributed by atoms with Crippen molar-refractivity contribution >= 4 is 11.6 Å². The standard InChI is InChI=1S/C17H25ClFNO2/c1-22-9-3-7-17(13-21)6-2-8-20(12-17)11-14-4-5-15(19)10-16(14)18/h4-5,10,21H,2-3,6-9,11-13H2,1H3/t17-/m0/s1. The molecule has 0 amide bonds. The molecule has 1 atom stereocenters. The van der Waals surface area contributed by atoms with Crippen molar-refractivity contribution in [3.05, 3.63) is 34.6 Å². The second-order valence-electron chi connectivity index (χ2n) is 6.30. The zero-order chi connectivity index (χ0) is 16.0. The molecule has 0 spiro atoms. The Morgan fingerprint density at radius 1 is 1.45 bits per heavy atom. The monoisotopic (exact) mass is 329 g/mol. The summed E-state index contributed by atoms with van der Waals surface area (Å²) in [5, 5.41) is 10.3. The Bertz CT molecular complexity index is 486. The first-order valence-electron chi connectivity index (χ1n) is 7.85. The van der Waals surface area contributed by atoms with Crippen LogP contribution in [-0.2, 0) is 11.3 Å². The van der Waals surface area contributed by atoms with E-state index in [-0.39, 0.29) is 17.8 Å². The molecule has 0 saturated carbocycles. The number of piperidine rings is 1. The van der Waals surface area contributed by atoms with Crippen molar-refractivity contribution in [2.24, 2.45) is 5.41 Å². The Morgan fingerprint density at radius 3 is 2.95 bits per heavy atom. The highest BCUT2D eigenvalue weighted by Crippen LogP contribution is 2.35. The van der Waals surface area contributed by atoms with Gasteiger partial charge in [-0.25, -0.2) is 4.39 Å². The van der Waals surface area contributed by atoms with Gasteiger partial charge in [-0.3, -0.25) is 4.90 Å². The van der Waals surface area contributed by atoms with Gasteiger partial charge in [0.2, 0.25) is 0 Å². The van der Waals surface area contributed by atoms with Gasteiger partial charge in [0, 0.05) is 43.9 Å². The van der Waals surface area contributed by atoms with Crippen LogP contribution in [0.15, 0.2) is 18.2 Å². The van der Waals surface area contributed by atoms with E-state index in [4.69, 9.17) is 16.3 Å². The van der Waals surface area contributed by atoms with Crippen LogP contribution >= 0.6 is 11.6 Å². The van der Waals surface area contributed by atoms with Gasteiger partial charge in [0.05, 0.1) is 0 Å². The number of halogens is 2. The second kappa shape index (κ2) is 8.25. The number of benzene rings is 1. The number of nitrogens with zero attached hydrogens (tertiary/aromatic N) is 1. The molecule has 1 heterocycles. The minimum absolute atomic E-state index is 0.0523. The van der Waals surface area contributed by atoms with Crippen LogP contribution in [-0.4, -0.2) is 43.4 Å². The van der Waals surface area contributed by atoms with Gasteiger partial charge in [0.25, 0.3) is 0 Å². The van der Waals surface area contributed by atoms with E-state index in [1.165, 1.54) is 12.1 Å². The van der Waals surface area contributed by atoms with Gasteiger partial charge in [-0.2, -0.15) is 0 Å². The molecule has 1 N–H and O–H groups in total. The molecule has 0 aliphatic carbocycles. The molecule has 0 aromatic heterocycles. The summed E-state index contributed by atoms with van der Waals surface area (Å²) in [6.45, 7) is 3.46. The highest BCUT2D eigenvalue weighted by molar-refractivity contribution is 6.31. The van der Waals surface area contributed by atoms with Gasteiger partial charge in [-0.05, 0) is 49.9 Å². The Balaban J connectivity index is 1.99. The largest absolute Gasteiger partial charge is 0.396 e. The molecule has 1 aliphatic heterocycles. The number of aliphatic hydroxyl groups excluding tert-OH is 1. The van der Waals surface area contributed by atoms with Crippen LogP contribution in [0.3, 0.4) is 0 Å². The third-order valence-electron chi connectivity index (χ3n) is 4.54. The van der Waals surface area contributed by atoms with Gasteiger partial charge in [0.15, 0.2) is 0 Å². The first-order chi connectivity index (χ1) is 10.6. The molecule has 2 rings (SSSR count). The van der Waals surface area contributed by atoms with E-state index in [9.17, 15) is 9.50 Å². The fourth-order valence-corrected chi connectivity index (χ4v) is 3.57. The summed E-state index contributed by atoms with van der Waals surface area (Å²) in [7, 11) is 1.70. The molecule has 22 heavy (non-hydrogen) atoms. The molecule has 1 aromatic rings. The number of rotatable bonds is 7. The van der Waals surface area contributed by atoms with Gasteiger partial charge >= 0.3 is 0 Å². The van der Waals surface area contributed by atoms with Crippen LogP contribution in [0, 0.1) is 11.2 Å². The van der Waals surface area contributed by atoms with Crippen LogP contribution in [0.5, 0.6) is 0 Å². The average molecular weight is 330 g/mol. The lowest BCUT2D eigenvalue weighted by Crippen LogP contribution is -2.45. The van der Waals surface area contributed by atoms with Crippen LogP contribution in [0.1, 0.15) is 31.2 Å². The van der Waals surface area contributed by atoms with Crippen molar-refractivity contribution in [2.75, 3.05) is 33.4 Å². The lowest BCUT2D eigenvalue weighted by Gasteiger charge is -2.42. The number of aliphatic hydroxyl groups is 1. The predicted octanol–water partition coefficient (Wildman–Crippen LogP) is 3.48. The molecule has 1 aliphatic rings. The summed E-state index contributed by atoms with van der Waals surface area (Å²) in [5.74, 6) is -0.309. The molecule has 124 valence electrons. The summed E-state index contributed by atoms with van der Waals surface area (Å²) in [6.07, 6.45) is 4.03. The van der Waals surface area contributed by atoms with Gasteiger partial charge in [-0.1, -0.05) is 17.7 Å². The molecule has 0 bridgehead atoms. The first kappa shape index (κ1) is 17.7. The summed E-state index contributed by atoms with van der Waals surface area (Å²) < 4.78 is 18.3. The maximum Gasteiger partial charge on any atom is 0.124 e. The Labute approximate surface area is 137 Å². The third-order valence-corrected chi connectivity index (χ3v) is 4.89. The van der Waals surface area contributed by atoms with E-state index in [1.54, 1.807) is 13.2 Å². The Kier molecular flexibility index (Phi) is 6.63. The van der Waals surface area contributed by atoms with Gasteiger partial charge < -0.3 is 9.84 Å². The maximum atomic E-state index is 13.1. The first-order valence-corrected chi connectivity index (χ1v) is 8.22. The zero-order valence-electron chi connectivity index (χ0n) is 13.2. The molecule has 5 heteroatoms. The second-order valence-corrected chi connectivity index (χ2v) is 6.71. The number of methoxy groups -OCH3 is 1. The molecular formula is C17H25ClFNO2. The average Bonchev–Trinajstić information content (AvgIpc) is 2.51. The number of likely N-dealkylation sites (tertiary alicyclic amines) is 1. The van der Waals surface area contributed by atoms with Crippen molar-refractivity contribution in [2.45, 2.75) is 32.2 Å². The van der Waals surface area contributed by atoms with E-state index in [1.807, 2.05) is 0 Å². The van der Waals surface area contributed by atoms with E-state index >= 15 is 0 Å². The summed E-state index contributed by atoms with van der Waals surface area (Å²) >= 11 is 6.12. The van der Waals surface area contributed by atoms with Crippen LogP contribution in [0.25, 0.3) is 0 Å². The molecule has 0 unspecified atom stereocenters. The fourth-order valence-electron chi connectivity index (χ4n) is 3.34. The smallest absolute Gasteiger partial charge is 0.124 e. The molecule has 3 nitrogen and oxygen atoms in total. The topological polar surface area (TPSA) is 32.7 Å². The fraction of sp³-hybridized carbons (Fsp3) is 0.647. The van der Waals surface area contributed by atoms with Crippen molar-refractivity contribution in [1.82, 2.24) is 4.90 Å². The lowest BCUT2D eigenvalue weighted by atomic mass is 9.77.